The molecule has 31 heavy (non-hydrogen) atoms. The van der Waals surface area contributed by atoms with E-state index in [4.69, 9.17) is 4.42 Å². The van der Waals surface area contributed by atoms with Gasteiger partial charge in [0.2, 0.25) is 11.8 Å². The zero-order chi connectivity index (χ0) is 21.5. The van der Waals surface area contributed by atoms with Crippen LogP contribution in [-0.4, -0.2) is 45.9 Å². The number of nitrogens with one attached hydrogen (secondary N) is 1. The Labute approximate surface area is 185 Å². The van der Waals surface area contributed by atoms with Crippen LogP contribution in [-0.2, 0) is 22.6 Å². The van der Waals surface area contributed by atoms with Gasteiger partial charge in [0.05, 0.1) is 12.8 Å². The molecule has 0 spiro atoms. The maximum Gasteiger partial charge on any atom is 0.244 e. The van der Waals surface area contributed by atoms with Crippen LogP contribution in [0, 0.1) is 0 Å². The van der Waals surface area contributed by atoms with Gasteiger partial charge in [0.1, 0.15) is 11.6 Å². The van der Waals surface area contributed by atoms with Crippen molar-refractivity contribution in [2.75, 3.05) is 19.6 Å². The Kier molecular flexibility index (Phi) is 6.99. The fourth-order valence-electron chi connectivity index (χ4n) is 3.82. The minimum Gasteiger partial charge on any atom is -0.465 e. The van der Waals surface area contributed by atoms with Crippen molar-refractivity contribution in [2.24, 2.45) is 0 Å². The maximum atomic E-state index is 12.5. The van der Waals surface area contributed by atoms with E-state index in [0.29, 0.717) is 24.8 Å². The second kappa shape index (κ2) is 10.3. The number of likely N-dealkylation sites (tertiary alicyclic amines) is 1. The fraction of sp³-hybridized carbons (Fsp3) is 0.348. The Morgan fingerprint density at radius 3 is 2.90 bits per heavy atom. The molecular formula is C23H26N4O3S. The zero-order valence-corrected chi connectivity index (χ0v) is 18.1. The molecule has 0 atom stereocenters. The number of imidazole rings is 1. The number of carbonyl (C=O) groups excluding carboxylic acids is 2. The number of furan rings is 1. The number of nitrogens with zero attached hydrogens (tertiary/aromatic N) is 3. The third-order valence-electron chi connectivity index (χ3n) is 5.54. The largest absolute Gasteiger partial charge is 0.465 e. The number of hydrogen-bond donors (Lipinski definition) is 1. The Morgan fingerprint density at radius 1 is 1.29 bits per heavy atom. The van der Waals surface area contributed by atoms with Gasteiger partial charge in [0, 0.05) is 44.0 Å². The first kappa shape index (κ1) is 21.1. The zero-order valence-electron chi connectivity index (χ0n) is 17.3. The van der Waals surface area contributed by atoms with E-state index in [9.17, 15) is 9.59 Å². The molecule has 0 radical (unpaired) electrons. The number of rotatable bonds is 8. The van der Waals surface area contributed by atoms with Crippen LogP contribution in [0.5, 0.6) is 0 Å². The van der Waals surface area contributed by atoms with Crippen molar-refractivity contribution in [3.8, 4) is 0 Å². The Hall–Kier alpha value is -3.13. The number of aromatic nitrogens is 2. The van der Waals surface area contributed by atoms with Gasteiger partial charge in [0.25, 0.3) is 0 Å². The molecule has 4 rings (SSSR count). The van der Waals surface area contributed by atoms with Crippen LogP contribution >= 0.6 is 11.3 Å². The van der Waals surface area contributed by atoms with Gasteiger partial charge in [-0.25, -0.2) is 4.98 Å². The first-order chi connectivity index (χ1) is 15.2. The lowest BCUT2D eigenvalue weighted by Crippen LogP contribution is -2.43. The third-order valence-corrected chi connectivity index (χ3v) is 6.27. The number of piperidine rings is 1. The second-order valence-corrected chi connectivity index (χ2v) is 8.36. The van der Waals surface area contributed by atoms with Crippen molar-refractivity contribution < 1.29 is 14.0 Å². The van der Waals surface area contributed by atoms with E-state index in [1.165, 1.54) is 11.6 Å². The molecule has 1 saturated heterocycles. The molecule has 0 bridgehead atoms. The predicted octanol–water partition coefficient (Wildman–Crippen LogP) is 3.32. The van der Waals surface area contributed by atoms with Gasteiger partial charge < -0.3 is 19.2 Å². The summed E-state index contributed by atoms with van der Waals surface area (Å²) in [5.41, 5.74) is 1.35. The van der Waals surface area contributed by atoms with Crippen molar-refractivity contribution in [1.29, 1.82) is 0 Å². The van der Waals surface area contributed by atoms with Crippen molar-refractivity contribution in [1.82, 2.24) is 19.8 Å². The summed E-state index contributed by atoms with van der Waals surface area (Å²) in [6, 6.07) is 5.67. The minimum absolute atomic E-state index is 0.00125. The van der Waals surface area contributed by atoms with Gasteiger partial charge in [0.15, 0.2) is 0 Å². The van der Waals surface area contributed by atoms with Crippen LogP contribution in [0.2, 0.25) is 0 Å². The number of thiophene rings is 1. The smallest absolute Gasteiger partial charge is 0.244 e. The second-order valence-electron chi connectivity index (χ2n) is 7.58. The minimum atomic E-state index is -0.313. The average molecular weight is 439 g/mol. The van der Waals surface area contributed by atoms with Gasteiger partial charge in [-0.1, -0.05) is 0 Å². The lowest BCUT2D eigenvalue weighted by Gasteiger charge is -2.32. The molecular weight excluding hydrogens is 412 g/mol. The Balaban J connectivity index is 1.22. The molecule has 3 aromatic rings. The molecule has 1 fully saturated rings. The van der Waals surface area contributed by atoms with E-state index in [0.717, 1.165) is 31.6 Å². The van der Waals surface area contributed by atoms with Crippen molar-refractivity contribution in [3.63, 3.8) is 0 Å². The summed E-state index contributed by atoms with van der Waals surface area (Å²) in [5.74, 6) is 1.69. The molecule has 0 saturated carbocycles. The Morgan fingerprint density at radius 2 is 2.16 bits per heavy atom. The molecule has 7 nitrogen and oxygen atoms in total. The predicted molar refractivity (Wildman–Crippen MR) is 120 cm³/mol. The van der Waals surface area contributed by atoms with Crippen LogP contribution in [0.1, 0.15) is 35.9 Å². The molecule has 0 aliphatic carbocycles. The van der Waals surface area contributed by atoms with Gasteiger partial charge in [-0.05, 0) is 59.9 Å². The average Bonchev–Trinajstić information content (AvgIpc) is 3.57. The number of aryl methyl sites for hydroxylation is 2. The highest BCUT2D eigenvalue weighted by atomic mass is 32.1. The van der Waals surface area contributed by atoms with Crippen molar-refractivity contribution >= 4 is 29.2 Å². The van der Waals surface area contributed by atoms with Gasteiger partial charge in [-0.3, -0.25) is 9.59 Å². The van der Waals surface area contributed by atoms with Crippen molar-refractivity contribution in [3.05, 3.63) is 70.8 Å². The first-order valence-corrected chi connectivity index (χ1v) is 11.4. The highest BCUT2D eigenvalue weighted by molar-refractivity contribution is 7.07. The fourth-order valence-corrected chi connectivity index (χ4v) is 4.52. The molecule has 8 heteroatoms. The lowest BCUT2D eigenvalue weighted by molar-refractivity contribution is -0.133. The summed E-state index contributed by atoms with van der Waals surface area (Å²) in [4.78, 5) is 30.8. The highest BCUT2D eigenvalue weighted by Crippen LogP contribution is 2.27. The summed E-state index contributed by atoms with van der Waals surface area (Å²) in [5, 5.41) is 6.94. The molecule has 1 aliphatic heterocycles. The normalized spacial score (nSPS) is 14.9. The SMILES string of the molecule is O=C(C=Cc1ccco1)NCC(=O)N1CCC(c2nccn2CCc2ccsc2)CC1. The molecule has 162 valence electrons. The summed E-state index contributed by atoms with van der Waals surface area (Å²) < 4.78 is 7.38. The van der Waals surface area contributed by atoms with Gasteiger partial charge in [-0.2, -0.15) is 11.3 Å². The molecule has 0 aromatic carbocycles. The Bertz CT molecular complexity index is 1000. The molecule has 1 N–H and O–H groups in total. The van der Waals surface area contributed by atoms with Gasteiger partial charge in [-0.15, -0.1) is 0 Å². The van der Waals surface area contributed by atoms with E-state index in [1.807, 2.05) is 17.3 Å². The van der Waals surface area contributed by atoms with E-state index >= 15 is 0 Å². The van der Waals surface area contributed by atoms with Crippen LogP contribution in [0.25, 0.3) is 6.08 Å². The molecule has 1 aliphatic rings. The topological polar surface area (TPSA) is 80.4 Å². The van der Waals surface area contributed by atoms with E-state index < -0.39 is 0 Å². The summed E-state index contributed by atoms with van der Waals surface area (Å²) in [6.07, 6.45) is 11.2. The standard InChI is InChI=1S/C23H26N4O3S/c28-21(4-3-20-2-1-14-30-20)25-16-22(29)26-11-6-19(7-12-26)23-24-9-13-27(23)10-5-18-8-15-31-17-18/h1-4,8-9,13-15,17,19H,5-7,10-12,16H2,(H,25,28). The van der Waals surface area contributed by atoms with Crippen LogP contribution in [0.3, 0.4) is 0 Å². The summed E-state index contributed by atoms with van der Waals surface area (Å²) in [6.45, 7) is 2.28. The molecule has 3 aromatic heterocycles. The molecule has 4 heterocycles. The third kappa shape index (κ3) is 5.73. The molecule has 2 amide bonds. The highest BCUT2D eigenvalue weighted by Gasteiger charge is 2.26. The van der Waals surface area contributed by atoms with E-state index in [1.54, 1.807) is 35.8 Å². The van der Waals surface area contributed by atoms with Gasteiger partial charge >= 0.3 is 0 Å². The number of amides is 2. The monoisotopic (exact) mass is 438 g/mol. The van der Waals surface area contributed by atoms with Crippen LogP contribution in [0.4, 0.5) is 0 Å². The van der Waals surface area contributed by atoms with Crippen LogP contribution in [0.15, 0.2) is 58.1 Å². The summed E-state index contributed by atoms with van der Waals surface area (Å²) in [7, 11) is 0. The quantitative estimate of drug-likeness (QED) is 0.547. The van der Waals surface area contributed by atoms with E-state index in [2.05, 4.69) is 31.7 Å². The molecule has 0 unspecified atom stereocenters. The maximum absolute atomic E-state index is 12.5. The number of carbonyl (C=O) groups is 2. The van der Waals surface area contributed by atoms with E-state index in [-0.39, 0.29) is 18.4 Å². The number of hydrogen-bond acceptors (Lipinski definition) is 5. The van der Waals surface area contributed by atoms with Crippen LogP contribution < -0.4 is 5.32 Å². The summed E-state index contributed by atoms with van der Waals surface area (Å²) >= 11 is 1.72. The first-order valence-electron chi connectivity index (χ1n) is 10.5. The lowest BCUT2D eigenvalue weighted by atomic mass is 9.95. The van der Waals surface area contributed by atoms with Crippen molar-refractivity contribution in [2.45, 2.75) is 31.7 Å².